The standard InChI is InChI=1S/C16H27N3O/c1-4-19(13(2)3)10-6-9-16(20)18-15-8-5-7-14(11-15)12-17/h5,7-8,11,13H,4,6,9-10,12,17H2,1-3H3,(H,18,20). The van der Waals surface area contributed by atoms with Gasteiger partial charge < -0.3 is 16.0 Å². The molecule has 20 heavy (non-hydrogen) atoms. The molecule has 4 heteroatoms. The maximum Gasteiger partial charge on any atom is 0.224 e. The molecule has 1 aromatic rings. The Morgan fingerprint density at radius 1 is 1.40 bits per heavy atom. The highest BCUT2D eigenvalue weighted by Crippen LogP contribution is 2.11. The third-order valence-corrected chi connectivity index (χ3v) is 3.43. The lowest BCUT2D eigenvalue weighted by Crippen LogP contribution is -2.32. The Bertz CT molecular complexity index is 418. The zero-order valence-electron chi connectivity index (χ0n) is 12.9. The number of anilines is 1. The van der Waals surface area contributed by atoms with Crippen LogP contribution in [0.25, 0.3) is 0 Å². The first-order chi connectivity index (χ1) is 9.56. The lowest BCUT2D eigenvalue weighted by molar-refractivity contribution is -0.116. The summed E-state index contributed by atoms with van der Waals surface area (Å²) >= 11 is 0. The van der Waals surface area contributed by atoms with E-state index >= 15 is 0 Å². The second-order valence-electron chi connectivity index (χ2n) is 5.28. The summed E-state index contributed by atoms with van der Waals surface area (Å²) < 4.78 is 0. The van der Waals surface area contributed by atoms with Crippen LogP contribution in [-0.4, -0.2) is 29.9 Å². The highest BCUT2D eigenvalue weighted by atomic mass is 16.1. The minimum absolute atomic E-state index is 0.0685. The van der Waals surface area contributed by atoms with Gasteiger partial charge in [-0.2, -0.15) is 0 Å². The molecule has 0 fully saturated rings. The first-order valence-electron chi connectivity index (χ1n) is 7.39. The van der Waals surface area contributed by atoms with Gasteiger partial charge in [0.05, 0.1) is 0 Å². The van der Waals surface area contributed by atoms with E-state index in [1.807, 2.05) is 24.3 Å². The average Bonchev–Trinajstić information content (AvgIpc) is 2.43. The molecule has 0 aliphatic rings. The monoisotopic (exact) mass is 277 g/mol. The van der Waals surface area contributed by atoms with Gasteiger partial charge in [0.25, 0.3) is 0 Å². The van der Waals surface area contributed by atoms with Crippen LogP contribution in [-0.2, 0) is 11.3 Å². The Balaban J connectivity index is 2.36. The molecule has 0 aliphatic carbocycles. The summed E-state index contributed by atoms with van der Waals surface area (Å²) in [5.41, 5.74) is 7.44. The fourth-order valence-corrected chi connectivity index (χ4v) is 2.22. The van der Waals surface area contributed by atoms with E-state index in [0.29, 0.717) is 19.0 Å². The van der Waals surface area contributed by atoms with Crippen LogP contribution in [0.4, 0.5) is 5.69 Å². The lowest BCUT2D eigenvalue weighted by Gasteiger charge is -2.24. The number of hydrogen-bond donors (Lipinski definition) is 2. The van der Waals surface area contributed by atoms with E-state index in [2.05, 4.69) is 31.0 Å². The van der Waals surface area contributed by atoms with Crippen molar-refractivity contribution in [3.8, 4) is 0 Å². The van der Waals surface area contributed by atoms with Crippen LogP contribution in [0.2, 0.25) is 0 Å². The zero-order valence-corrected chi connectivity index (χ0v) is 12.9. The topological polar surface area (TPSA) is 58.4 Å². The molecule has 0 heterocycles. The Morgan fingerprint density at radius 2 is 2.15 bits per heavy atom. The Kier molecular flexibility index (Phi) is 7.26. The zero-order chi connectivity index (χ0) is 15.0. The molecule has 0 aromatic heterocycles. The van der Waals surface area contributed by atoms with Crippen LogP contribution in [0.15, 0.2) is 24.3 Å². The van der Waals surface area contributed by atoms with Crippen LogP contribution >= 0.6 is 0 Å². The third-order valence-electron chi connectivity index (χ3n) is 3.43. The van der Waals surface area contributed by atoms with E-state index in [4.69, 9.17) is 5.73 Å². The largest absolute Gasteiger partial charge is 0.326 e. The van der Waals surface area contributed by atoms with Gasteiger partial charge in [-0.15, -0.1) is 0 Å². The van der Waals surface area contributed by atoms with Gasteiger partial charge in [-0.25, -0.2) is 0 Å². The van der Waals surface area contributed by atoms with Crippen LogP contribution in [0.1, 0.15) is 39.2 Å². The molecule has 0 radical (unpaired) electrons. The second kappa shape index (κ2) is 8.72. The maximum absolute atomic E-state index is 11.9. The molecule has 1 amide bonds. The molecule has 112 valence electrons. The normalized spacial score (nSPS) is 11.1. The molecule has 1 rings (SSSR count). The van der Waals surface area contributed by atoms with Gasteiger partial charge in [0.2, 0.25) is 5.91 Å². The first-order valence-corrected chi connectivity index (χ1v) is 7.39. The third kappa shape index (κ3) is 5.72. The predicted molar refractivity (Wildman–Crippen MR) is 84.6 cm³/mol. The first kappa shape index (κ1) is 16.7. The van der Waals surface area contributed by atoms with E-state index in [0.717, 1.165) is 30.8 Å². The molecular weight excluding hydrogens is 250 g/mol. The molecule has 1 aromatic carbocycles. The number of rotatable bonds is 8. The SMILES string of the molecule is CCN(CCCC(=O)Nc1cccc(CN)c1)C(C)C. The van der Waals surface area contributed by atoms with E-state index in [1.54, 1.807) is 0 Å². The predicted octanol–water partition coefficient (Wildman–Crippen LogP) is 2.59. The number of carbonyl (C=O) groups excluding carboxylic acids is 1. The van der Waals surface area contributed by atoms with E-state index in [9.17, 15) is 4.79 Å². The molecule has 0 saturated carbocycles. The van der Waals surface area contributed by atoms with E-state index in [1.165, 1.54) is 0 Å². The molecule has 3 N–H and O–H groups in total. The Labute approximate surface area is 122 Å². The van der Waals surface area contributed by atoms with Gasteiger partial charge in [-0.05, 0) is 51.1 Å². The van der Waals surface area contributed by atoms with Crippen LogP contribution < -0.4 is 11.1 Å². The van der Waals surface area contributed by atoms with Crippen LogP contribution in [0, 0.1) is 0 Å². The van der Waals surface area contributed by atoms with Crippen molar-refractivity contribution in [2.75, 3.05) is 18.4 Å². The lowest BCUT2D eigenvalue weighted by atomic mass is 10.2. The number of nitrogens with two attached hydrogens (primary N) is 1. The van der Waals surface area contributed by atoms with Crippen molar-refractivity contribution in [1.29, 1.82) is 0 Å². The van der Waals surface area contributed by atoms with E-state index in [-0.39, 0.29) is 5.91 Å². The smallest absolute Gasteiger partial charge is 0.224 e. The molecule has 0 spiro atoms. The van der Waals surface area contributed by atoms with Gasteiger partial charge >= 0.3 is 0 Å². The summed E-state index contributed by atoms with van der Waals surface area (Å²) in [7, 11) is 0. The maximum atomic E-state index is 11.9. The molecule has 4 nitrogen and oxygen atoms in total. The number of nitrogens with one attached hydrogen (secondary N) is 1. The number of carbonyl (C=O) groups is 1. The minimum atomic E-state index is 0.0685. The van der Waals surface area contributed by atoms with Gasteiger partial charge in [0, 0.05) is 24.7 Å². The van der Waals surface area contributed by atoms with Gasteiger partial charge in [-0.1, -0.05) is 19.1 Å². The van der Waals surface area contributed by atoms with Crippen molar-refractivity contribution in [2.24, 2.45) is 5.73 Å². The molecule has 0 bridgehead atoms. The molecule has 0 unspecified atom stereocenters. The fourth-order valence-electron chi connectivity index (χ4n) is 2.22. The van der Waals surface area contributed by atoms with Crippen LogP contribution in [0.5, 0.6) is 0 Å². The number of amides is 1. The minimum Gasteiger partial charge on any atom is -0.326 e. The van der Waals surface area contributed by atoms with Crippen LogP contribution in [0.3, 0.4) is 0 Å². The van der Waals surface area contributed by atoms with Crippen molar-refractivity contribution in [2.45, 2.75) is 46.2 Å². The van der Waals surface area contributed by atoms with Gasteiger partial charge in [0.15, 0.2) is 0 Å². The number of nitrogens with zero attached hydrogens (tertiary/aromatic N) is 1. The molecule has 0 atom stereocenters. The quantitative estimate of drug-likeness (QED) is 0.768. The summed E-state index contributed by atoms with van der Waals surface area (Å²) in [5, 5.41) is 2.92. The number of benzene rings is 1. The summed E-state index contributed by atoms with van der Waals surface area (Å²) in [6.07, 6.45) is 1.44. The van der Waals surface area contributed by atoms with E-state index < -0.39 is 0 Å². The summed E-state index contributed by atoms with van der Waals surface area (Å²) in [6.45, 7) is 8.99. The highest BCUT2D eigenvalue weighted by Gasteiger charge is 2.08. The van der Waals surface area contributed by atoms with Crippen molar-refractivity contribution < 1.29 is 4.79 Å². The van der Waals surface area contributed by atoms with Gasteiger partial charge in [-0.3, -0.25) is 4.79 Å². The van der Waals surface area contributed by atoms with Crippen molar-refractivity contribution in [1.82, 2.24) is 4.90 Å². The van der Waals surface area contributed by atoms with Crippen molar-refractivity contribution in [3.05, 3.63) is 29.8 Å². The summed E-state index contributed by atoms with van der Waals surface area (Å²) in [5.74, 6) is 0.0685. The van der Waals surface area contributed by atoms with Crippen molar-refractivity contribution in [3.63, 3.8) is 0 Å². The molecule has 0 saturated heterocycles. The Hall–Kier alpha value is -1.39. The summed E-state index contributed by atoms with van der Waals surface area (Å²) in [4.78, 5) is 14.3. The Morgan fingerprint density at radius 3 is 2.75 bits per heavy atom. The second-order valence-corrected chi connectivity index (χ2v) is 5.28. The van der Waals surface area contributed by atoms with Crippen molar-refractivity contribution >= 4 is 11.6 Å². The summed E-state index contributed by atoms with van der Waals surface area (Å²) in [6, 6.07) is 8.21. The number of hydrogen-bond acceptors (Lipinski definition) is 3. The molecule has 0 aliphatic heterocycles. The molecular formula is C16H27N3O. The highest BCUT2D eigenvalue weighted by molar-refractivity contribution is 5.90. The van der Waals surface area contributed by atoms with Gasteiger partial charge in [0.1, 0.15) is 0 Å². The average molecular weight is 277 g/mol. The fraction of sp³-hybridized carbons (Fsp3) is 0.562.